The van der Waals surface area contributed by atoms with Crippen molar-refractivity contribution in [3.63, 3.8) is 0 Å². The number of anilines is 1. The molecule has 27 heavy (non-hydrogen) atoms. The summed E-state index contributed by atoms with van der Waals surface area (Å²) in [6.45, 7) is 2.35. The second kappa shape index (κ2) is 7.19. The second-order valence-electron chi connectivity index (χ2n) is 6.12. The number of nitrogens with one attached hydrogen (secondary N) is 2. The molecule has 0 saturated carbocycles. The van der Waals surface area contributed by atoms with Crippen LogP contribution in [-0.2, 0) is 5.92 Å². The number of nitrogens with zero attached hydrogens (tertiary/aromatic N) is 2. The third kappa shape index (κ3) is 4.21. The van der Waals surface area contributed by atoms with Gasteiger partial charge in [0.25, 0.3) is 5.92 Å². The molecule has 0 radical (unpaired) electrons. The summed E-state index contributed by atoms with van der Waals surface area (Å²) in [4.78, 5) is 10.9. The Morgan fingerprint density at radius 2 is 1.85 bits per heavy atom. The molecule has 2 aromatic heterocycles. The Balaban J connectivity index is 2.03. The van der Waals surface area contributed by atoms with Crippen molar-refractivity contribution in [1.29, 1.82) is 0 Å². The van der Waals surface area contributed by atoms with Gasteiger partial charge in [0, 0.05) is 18.8 Å². The first-order chi connectivity index (χ1) is 12.6. The van der Waals surface area contributed by atoms with E-state index in [0.29, 0.717) is 18.3 Å². The third-order valence-corrected chi connectivity index (χ3v) is 4.12. The van der Waals surface area contributed by atoms with Crippen LogP contribution < -0.4 is 5.32 Å². The zero-order valence-electron chi connectivity index (χ0n) is 14.3. The average Bonchev–Trinajstić information content (AvgIpc) is 3.02. The average molecular weight is 399 g/mol. The minimum absolute atomic E-state index is 0.00688. The molecule has 2 N–H and O–H groups in total. The first-order valence-electron chi connectivity index (χ1n) is 7.93. The molecular weight excluding hydrogens is 384 g/mol. The number of benzene rings is 1. The van der Waals surface area contributed by atoms with Crippen molar-refractivity contribution in [1.82, 2.24) is 15.0 Å². The van der Waals surface area contributed by atoms with E-state index in [1.807, 2.05) is 0 Å². The predicted octanol–water partition coefficient (Wildman–Crippen LogP) is 5.36. The molecule has 4 nitrogen and oxygen atoms in total. The quantitative estimate of drug-likeness (QED) is 0.569. The summed E-state index contributed by atoms with van der Waals surface area (Å²) in [5, 5.41) is 2.82. The molecule has 3 aromatic rings. The predicted molar refractivity (Wildman–Crippen MR) is 94.0 cm³/mol. The molecule has 3 rings (SSSR count). The smallest absolute Gasteiger partial charge is 0.289 e. The zero-order valence-corrected chi connectivity index (χ0v) is 15.1. The van der Waals surface area contributed by atoms with E-state index in [9.17, 15) is 17.6 Å². The van der Waals surface area contributed by atoms with E-state index in [1.54, 1.807) is 13.1 Å². The molecule has 0 aliphatic heterocycles. The van der Waals surface area contributed by atoms with Gasteiger partial charge in [-0.15, -0.1) is 0 Å². The monoisotopic (exact) mass is 398 g/mol. The van der Waals surface area contributed by atoms with Gasteiger partial charge in [0.1, 0.15) is 29.2 Å². The van der Waals surface area contributed by atoms with Gasteiger partial charge in [0.15, 0.2) is 5.82 Å². The topological polar surface area (TPSA) is 53.6 Å². The lowest BCUT2D eigenvalue weighted by molar-refractivity contribution is 0.00890. The van der Waals surface area contributed by atoms with Gasteiger partial charge in [-0.3, -0.25) is 0 Å². The van der Waals surface area contributed by atoms with Crippen LogP contribution in [0, 0.1) is 18.6 Å². The van der Waals surface area contributed by atoms with Crippen molar-refractivity contribution >= 4 is 17.4 Å². The highest BCUT2D eigenvalue weighted by Gasteiger charge is 2.31. The normalized spacial score (nSPS) is 12.9. The van der Waals surface area contributed by atoms with Crippen molar-refractivity contribution < 1.29 is 17.6 Å². The summed E-state index contributed by atoms with van der Waals surface area (Å²) in [7, 11) is 0. The number of imidazole rings is 1. The van der Waals surface area contributed by atoms with Gasteiger partial charge in [-0.05, 0) is 36.8 Å². The van der Waals surface area contributed by atoms with E-state index in [4.69, 9.17) is 11.6 Å². The number of alkyl halides is 2. The molecule has 0 saturated heterocycles. The molecule has 0 aliphatic rings. The molecule has 0 fully saturated rings. The van der Waals surface area contributed by atoms with Crippen LogP contribution in [0.3, 0.4) is 0 Å². The molecule has 0 amide bonds. The number of aromatic nitrogens is 3. The number of hydrogen-bond acceptors (Lipinski definition) is 3. The fourth-order valence-electron chi connectivity index (χ4n) is 2.56. The molecule has 0 spiro atoms. The van der Waals surface area contributed by atoms with Gasteiger partial charge in [0.05, 0.1) is 5.02 Å². The maximum absolute atomic E-state index is 13.7. The molecule has 0 bridgehead atoms. The lowest BCUT2D eigenvalue weighted by atomic mass is 10.1. The maximum atomic E-state index is 13.7. The van der Waals surface area contributed by atoms with Crippen LogP contribution >= 0.6 is 11.6 Å². The summed E-state index contributed by atoms with van der Waals surface area (Å²) in [5.41, 5.74) is 0.309. The van der Waals surface area contributed by atoms with Gasteiger partial charge in [-0.1, -0.05) is 17.7 Å². The van der Waals surface area contributed by atoms with Crippen molar-refractivity contribution in [2.24, 2.45) is 0 Å². The Bertz CT molecular complexity index is 968. The van der Waals surface area contributed by atoms with Crippen LogP contribution in [0.4, 0.5) is 23.4 Å². The molecule has 1 aromatic carbocycles. The second-order valence-corrected chi connectivity index (χ2v) is 6.52. The largest absolute Gasteiger partial charge is 0.356 e. The van der Waals surface area contributed by atoms with Crippen molar-refractivity contribution in [2.45, 2.75) is 25.8 Å². The number of halogens is 5. The van der Waals surface area contributed by atoms with E-state index in [0.717, 1.165) is 11.8 Å². The molecule has 9 heteroatoms. The van der Waals surface area contributed by atoms with Gasteiger partial charge in [0.2, 0.25) is 0 Å². The van der Waals surface area contributed by atoms with Gasteiger partial charge in [-0.25, -0.2) is 18.7 Å². The van der Waals surface area contributed by atoms with Crippen molar-refractivity contribution in [3.05, 3.63) is 76.0 Å². The standard InChI is InChI=1S/C18H15ClF4N4/c1-9-8-24-17(25-9)15(10-3-4-12(20)11(19)7-10)26-14-6-5-13(21)16(27-14)18(2,22)23/h3-8,15H,1-2H3,(H,24,25)(H,26,27)/t15-/m1/s1. The van der Waals surface area contributed by atoms with Gasteiger partial charge < -0.3 is 10.3 Å². The Hall–Kier alpha value is -2.61. The maximum Gasteiger partial charge on any atom is 0.289 e. The summed E-state index contributed by atoms with van der Waals surface area (Å²) in [5.74, 6) is -4.71. The number of hydrogen-bond donors (Lipinski definition) is 2. The third-order valence-electron chi connectivity index (χ3n) is 3.83. The fourth-order valence-corrected chi connectivity index (χ4v) is 2.75. The van der Waals surface area contributed by atoms with Gasteiger partial charge >= 0.3 is 0 Å². The van der Waals surface area contributed by atoms with Crippen LogP contribution in [-0.4, -0.2) is 15.0 Å². The number of pyridine rings is 1. The first kappa shape index (κ1) is 19.2. The molecule has 0 unspecified atom stereocenters. The van der Waals surface area contributed by atoms with Crippen molar-refractivity contribution in [2.75, 3.05) is 5.32 Å². The van der Waals surface area contributed by atoms with Crippen LogP contribution in [0.15, 0.2) is 36.5 Å². The molecule has 2 heterocycles. The Labute approximate surface area is 157 Å². The fraction of sp³-hybridized carbons (Fsp3) is 0.222. The highest BCUT2D eigenvalue weighted by Crippen LogP contribution is 2.31. The van der Waals surface area contributed by atoms with Crippen LogP contribution in [0.25, 0.3) is 0 Å². The Morgan fingerprint density at radius 3 is 2.44 bits per heavy atom. The van der Waals surface area contributed by atoms with Crippen LogP contribution in [0.2, 0.25) is 5.02 Å². The summed E-state index contributed by atoms with van der Waals surface area (Å²) < 4.78 is 54.4. The minimum Gasteiger partial charge on any atom is -0.356 e. The lowest BCUT2D eigenvalue weighted by Gasteiger charge is -2.20. The van der Waals surface area contributed by atoms with E-state index < -0.39 is 29.3 Å². The zero-order chi connectivity index (χ0) is 19.8. The number of rotatable bonds is 5. The van der Waals surface area contributed by atoms with Gasteiger partial charge in [-0.2, -0.15) is 8.78 Å². The van der Waals surface area contributed by atoms with E-state index in [1.165, 1.54) is 24.3 Å². The summed E-state index contributed by atoms with van der Waals surface area (Å²) in [6.07, 6.45) is 1.58. The highest BCUT2D eigenvalue weighted by molar-refractivity contribution is 6.30. The van der Waals surface area contributed by atoms with Crippen LogP contribution in [0.5, 0.6) is 0 Å². The number of H-pyrrole nitrogens is 1. The van der Waals surface area contributed by atoms with E-state index in [2.05, 4.69) is 20.3 Å². The van der Waals surface area contributed by atoms with Crippen LogP contribution in [0.1, 0.15) is 35.7 Å². The number of aryl methyl sites for hydroxylation is 1. The van der Waals surface area contributed by atoms with Crippen molar-refractivity contribution in [3.8, 4) is 0 Å². The molecule has 0 aliphatic carbocycles. The summed E-state index contributed by atoms with van der Waals surface area (Å²) in [6, 6.07) is 5.50. The van der Waals surface area contributed by atoms with E-state index in [-0.39, 0.29) is 10.8 Å². The first-order valence-corrected chi connectivity index (χ1v) is 8.31. The Morgan fingerprint density at radius 1 is 1.15 bits per heavy atom. The number of aromatic amines is 1. The highest BCUT2D eigenvalue weighted by atomic mass is 35.5. The van der Waals surface area contributed by atoms with E-state index >= 15 is 0 Å². The lowest BCUT2D eigenvalue weighted by Crippen LogP contribution is -2.18. The SMILES string of the molecule is Cc1cnc([C@H](Nc2ccc(F)c(C(C)(F)F)n2)c2ccc(F)c(Cl)c2)[nH]1. The molecular formula is C18H15ClF4N4. The minimum atomic E-state index is -3.45. The summed E-state index contributed by atoms with van der Waals surface area (Å²) >= 11 is 5.86. The Kier molecular flexibility index (Phi) is 5.10. The molecule has 1 atom stereocenters. The molecule has 142 valence electrons.